The van der Waals surface area contributed by atoms with E-state index < -0.39 is 0 Å². The van der Waals surface area contributed by atoms with Crippen LogP contribution in [0.5, 0.6) is 0 Å². The van der Waals surface area contributed by atoms with Gasteiger partial charge in [0, 0.05) is 38.4 Å². The molecule has 2 fully saturated rings. The van der Waals surface area contributed by atoms with Gasteiger partial charge < -0.3 is 20.0 Å². The van der Waals surface area contributed by atoms with Crippen LogP contribution >= 0.6 is 0 Å². The minimum absolute atomic E-state index is 0.0887. The second-order valence-electron chi connectivity index (χ2n) is 8.56. The van der Waals surface area contributed by atoms with Crippen LogP contribution in [0.15, 0.2) is 42.5 Å². The number of carbonyl (C=O) groups excluding carboxylic acids is 1. The Morgan fingerprint density at radius 2 is 1.80 bits per heavy atom. The van der Waals surface area contributed by atoms with Crippen molar-refractivity contribution in [2.45, 2.75) is 25.3 Å². The van der Waals surface area contributed by atoms with E-state index in [1.165, 1.54) is 0 Å². The van der Waals surface area contributed by atoms with Crippen molar-refractivity contribution in [1.82, 2.24) is 9.88 Å². The molecule has 3 aliphatic heterocycles. The SMILES string of the molecule is CN1CCCN(c2ccc3c(n2)N(C(=O)Nc2ccccc2)[C@H]2CCCN3C2)CC1. The van der Waals surface area contributed by atoms with Gasteiger partial charge in [0.25, 0.3) is 0 Å². The van der Waals surface area contributed by atoms with Gasteiger partial charge in [0.1, 0.15) is 5.82 Å². The van der Waals surface area contributed by atoms with E-state index >= 15 is 0 Å². The lowest BCUT2D eigenvalue weighted by molar-refractivity contribution is 0.252. The van der Waals surface area contributed by atoms with Crippen LogP contribution in [0.2, 0.25) is 0 Å². The van der Waals surface area contributed by atoms with Gasteiger partial charge >= 0.3 is 6.03 Å². The lowest BCUT2D eigenvalue weighted by Gasteiger charge is -2.46. The Morgan fingerprint density at radius 1 is 0.967 bits per heavy atom. The monoisotopic (exact) mass is 406 g/mol. The van der Waals surface area contributed by atoms with Gasteiger partial charge in [-0.15, -0.1) is 0 Å². The average molecular weight is 407 g/mol. The first-order valence-electron chi connectivity index (χ1n) is 11.0. The van der Waals surface area contributed by atoms with Gasteiger partial charge in [0.15, 0.2) is 5.82 Å². The number of carbonyl (C=O) groups is 1. The number of benzene rings is 1. The third kappa shape index (κ3) is 3.69. The number of anilines is 4. The number of likely N-dealkylation sites (N-methyl/N-ethyl adjacent to an activating group) is 1. The number of nitrogens with one attached hydrogen (secondary N) is 1. The number of piperidine rings is 1. The Bertz CT molecular complexity index is 904. The number of amides is 2. The predicted octanol–water partition coefficient (Wildman–Crippen LogP) is 3.24. The topological polar surface area (TPSA) is 55.0 Å². The molecule has 0 aliphatic carbocycles. The maximum absolute atomic E-state index is 13.4. The second-order valence-corrected chi connectivity index (χ2v) is 8.56. The van der Waals surface area contributed by atoms with Gasteiger partial charge in [0.05, 0.1) is 11.7 Å². The summed E-state index contributed by atoms with van der Waals surface area (Å²) in [5.41, 5.74) is 1.89. The number of urea groups is 1. The third-order valence-electron chi connectivity index (χ3n) is 6.46. The molecular formula is C23H30N6O. The van der Waals surface area contributed by atoms with Crippen molar-refractivity contribution >= 4 is 29.0 Å². The molecule has 2 bridgehead atoms. The standard InChI is InChI=1S/C23H30N6O/c1-26-12-6-14-27(16-15-26)21-11-10-20-22(25-21)29(19-9-5-13-28(20)17-19)23(30)24-18-7-3-2-4-8-18/h2-4,7-8,10-11,19H,5-6,9,12-17H2,1H3,(H,24,30)/t19-/m0/s1. The molecule has 30 heavy (non-hydrogen) atoms. The lowest BCUT2D eigenvalue weighted by atomic mass is 10.00. The number of para-hydroxylation sites is 1. The molecular weight excluding hydrogens is 376 g/mol. The molecule has 7 nitrogen and oxygen atoms in total. The van der Waals surface area contributed by atoms with Crippen molar-refractivity contribution in [2.75, 3.05) is 66.3 Å². The number of hydrogen-bond donors (Lipinski definition) is 1. The third-order valence-corrected chi connectivity index (χ3v) is 6.46. The lowest BCUT2D eigenvalue weighted by Crippen LogP contribution is -2.56. The van der Waals surface area contributed by atoms with E-state index in [2.05, 4.69) is 39.2 Å². The second kappa shape index (κ2) is 8.14. The summed E-state index contributed by atoms with van der Waals surface area (Å²) < 4.78 is 0. The normalized spacial score (nSPS) is 21.8. The van der Waals surface area contributed by atoms with Gasteiger partial charge in [-0.05, 0) is 57.1 Å². The molecule has 0 unspecified atom stereocenters. The summed E-state index contributed by atoms with van der Waals surface area (Å²) in [5, 5.41) is 3.08. The highest BCUT2D eigenvalue weighted by Crippen LogP contribution is 2.39. The van der Waals surface area contributed by atoms with Gasteiger partial charge in [0.2, 0.25) is 0 Å². The fraction of sp³-hybridized carbons (Fsp3) is 0.478. The van der Waals surface area contributed by atoms with E-state index in [1.807, 2.05) is 35.2 Å². The van der Waals surface area contributed by atoms with Crippen LogP contribution in [-0.2, 0) is 0 Å². The van der Waals surface area contributed by atoms with E-state index in [0.717, 1.165) is 81.5 Å². The largest absolute Gasteiger partial charge is 0.366 e. The molecule has 158 valence electrons. The van der Waals surface area contributed by atoms with Gasteiger partial charge in [-0.3, -0.25) is 4.90 Å². The Morgan fingerprint density at radius 3 is 2.67 bits per heavy atom. The smallest absolute Gasteiger partial charge is 0.327 e. The number of pyridine rings is 1. The number of fused-ring (bicyclic) bond motifs is 4. The van der Waals surface area contributed by atoms with Crippen LogP contribution in [0.3, 0.4) is 0 Å². The van der Waals surface area contributed by atoms with Crippen LogP contribution in [0, 0.1) is 0 Å². The fourth-order valence-corrected chi connectivity index (χ4v) is 4.83. The number of hydrogen-bond acceptors (Lipinski definition) is 5. The Kier molecular flexibility index (Phi) is 5.21. The van der Waals surface area contributed by atoms with Crippen LogP contribution in [0.25, 0.3) is 0 Å². The molecule has 1 aromatic heterocycles. The zero-order valence-corrected chi connectivity index (χ0v) is 17.6. The Balaban J connectivity index is 1.47. The van der Waals surface area contributed by atoms with E-state index in [0.29, 0.717) is 0 Å². The molecule has 0 saturated carbocycles. The van der Waals surface area contributed by atoms with Gasteiger partial charge in [-0.1, -0.05) is 18.2 Å². The first-order valence-corrected chi connectivity index (χ1v) is 11.0. The van der Waals surface area contributed by atoms with Crippen molar-refractivity contribution in [1.29, 1.82) is 0 Å². The Labute approximate surface area is 178 Å². The summed E-state index contributed by atoms with van der Waals surface area (Å²) in [6.45, 7) is 6.03. The summed E-state index contributed by atoms with van der Waals surface area (Å²) in [6, 6.07) is 14.0. The number of nitrogens with zero attached hydrogens (tertiary/aromatic N) is 5. The van der Waals surface area contributed by atoms with Crippen LogP contribution in [-0.4, -0.2) is 68.3 Å². The summed E-state index contributed by atoms with van der Waals surface area (Å²) in [6.07, 6.45) is 3.24. The zero-order valence-electron chi connectivity index (χ0n) is 17.6. The molecule has 1 N–H and O–H groups in total. The van der Waals surface area contributed by atoms with E-state index in [4.69, 9.17) is 4.98 Å². The molecule has 3 aliphatic rings. The maximum Gasteiger partial charge on any atom is 0.327 e. The molecule has 2 saturated heterocycles. The summed E-state index contributed by atoms with van der Waals surface area (Å²) in [5.74, 6) is 1.78. The molecule has 5 rings (SSSR count). The zero-order chi connectivity index (χ0) is 20.5. The van der Waals surface area contributed by atoms with Crippen molar-refractivity contribution in [3.63, 3.8) is 0 Å². The number of rotatable bonds is 2. The molecule has 0 radical (unpaired) electrons. The highest BCUT2D eigenvalue weighted by molar-refractivity contribution is 6.04. The highest BCUT2D eigenvalue weighted by Gasteiger charge is 2.38. The average Bonchev–Trinajstić information content (AvgIpc) is 2.99. The van der Waals surface area contributed by atoms with Crippen LogP contribution in [0.4, 0.5) is 27.8 Å². The summed E-state index contributed by atoms with van der Waals surface area (Å²) in [4.78, 5) is 27.4. The van der Waals surface area contributed by atoms with Gasteiger partial charge in [-0.2, -0.15) is 0 Å². The first kappa shape index (κ1) is 19.2. The molecule has 2 aromatic rings. The van der Waals surface area contributed by atoms with E-state index in [1.54, 1.807) is 0 Å². The van der Waals surface area contributed by atoms with E-state index in [9.17, 15) is 4.79 Å². The van der Waals surface area contributed by atoms with Crippen molar-refractivity contribution in [3.8, 4) is 0 Å². The molecule has 1 aromatic carbocycles. The molecule has 4 heterocycles. The summed E-state index contributed by atoms with van der Waals surface area (Å²) in [7, 11) is 2.17. The fourth-order valence-electron chi connectivity index (χ4n) is 4.83. The van der Waals surface area contributed by atoms with E-state index in [-0.39, 0.29) is 12.1 Å². The van der Waals surface area contributed by atoms with Crippen molar-refractivity contribution < 1.29 is 4.79 Å². The van der Waals surface area contributed by atoms with Crippen molar-refractivity contribution in [3.05, 3.63) is 42.5 Å². The predicted molar refractivity (Wildman–Crippen MR) is 122 cm³/mol. The van der Waals surface area contributed by atoms with Crippen LogP contribution in [0.1, 0.15) is 19.3 Å². The van der Waals surface area contributed by atoms with Crippen molar-refractivity contribution in [2.24, 2.45) is 0 Å². The van der Waals surface area contributed by atoms with Gasteiger partial charge in [-0.25, -0.2) is 9.78 Å². The first-order chi connectivity index (χ1) is 14.7. The quantitative estimate of drug-likeness (QED) is 0.830. The minimum Gasteiger partial charge on any atom is -0.366 e. The molecule has 7 heteroatoms. The molecule has 2 amide bonds. The molecule has 0 spiro atoms. The van der Waals surface area contributed by atoms with Crippen LogP contribution < -0.4 is 20.0 Å². The summed E-state index contributed by atoms with van der Waals surface area (Å²) >= 11 is 0. The maximum atomic E-state index is 13.4. The highest BCUT2D eigenvalue weighted by atomic mass is 16.2. The minimum atomic E-state index is -0.0887. The Hall–Kier alpha value is -2.80. The number of aromatic nitrogens is 1. The molecule has 1 atom stereocenters.